The zero-order valence-electron chi connectivity index (χ0n) is 13.0. The van der Waals surface area contributed by atoms with Gasteiger partial charge in [-0.05, 0) is 18.6 Å². The summed E-state index contributed by atoms with van der Waals surface area (Å²) in [6.07, 6.45) is 3.24. The number of benzene rings is 1. The lowest BCUT2D eigenvalue weighted by Crippen LogP contribution is -2.25. The van der Waals surface area contributed by atoms with E-state index in [0.717, 1.165) is 24.8 Å². The average Bonchev–Trinajstić information content (AvgIpc) is 2.58. The Morgan fingerprint density at radius 1 is 1.14 bits per heavy atom. The average molecular weight is 299 g/mol. The van der Waals surface area contributed by atoms with Gasteiger partial charge in [0, 0.05) is 23.7 Å². The summed E-state index contributed by atoms with van der Waals surface area (Å²) >= 11 is 0. The molecule has 0 atom stereocenters. The first-order valence-electron chi connectivity index (χ1n) is 7.51. The third kappa shape index (κ3) is 4.04. The van der Waals surface area contributed by atoms with Crippen molar-refractivity contribution < 1.29 is 9.53 Å². The number of carbonyl (C=O) groups is 1. The summed E-state index contributed by atoms with van der Waals surface area (Å²) in [5.74, 6) is 0.370. The molecule has 0 bridgehead atoms. The van der Waals surface area contributed by atoms with E-state index in [0.29, 0.717) is 23.7 Å². The van der Waals surface area contributed by atoms with Gasteiger partial charge in [0.2, 0.25) is 5.88 Å². The van der Waals surface area contributed by atoms with Gasteiger partial charge in [0.1, 0.15) is 0 Å². The van der Waals surface area contributed by atoms with Crippen LogP contribution in [-0.2, 0) is 0 Å². The number of rotatable bonds is 7. The van der Waals surface area contributed by atoms with E-state index >= 15 is 0 Å². The van der Waals surface area contributed by atoms with Crippen LogP contribution in [0.2, 0.25) is 0 Å². The van der Waals surface area contributed by atoms with Crippen molar-refractivity contribution in [2.45, 2.75) is 26.2 Å². The van der Waals surface area contributed by atoms with Gasteiger partial charge in [-0.25, -0.2) is 0 Å². The van der Waals surface area contributed by atoms with E-state index in [4.69, 9.17) is 4.74 Å². The Labute approximate surface area is 130 Å². The van der Waals surface area contributed by atoms with Crippen LogP contribution in [0, 0.1) is 0 Å². The largest absolute Gasteiger partial charge is 0.480 e. The van der Waals surface area contributed by atoms with Gasteiger partial charge in [0.05, 0.1) is 12.8 Å². The summed E-state index contributed by atoms with van der Waals surface area (Å²) in [7, 11) is 1.54. The molecule has 0 unspecified atom stereocenters. The van der Waals surface area contributed by atoms with E-state index in [1.807, 2.05) is 18.2 Å². The number of amides is 1. The first-order valence-corrected chi connectivity index (χ1v) is 7.51. The predicted molar refractivity (Wildman–Crippen MR) is 85.9 cm³/mol. The van der Waals surface area contributed by atoms with Gasteiger partial charge in [-0.1, -0.05) is 38.0 Å². The molecule has 0 saturated carbocycles. The van der Waals surface area contributed by atoms with Crippen LogP contribution in [0.3, 0.4) is 0 Å². The lowest BCUT2D eigenvalue weighted by Gasteiger charge is -2.09. The fraction of sp³-hybridized carbons (Fsp3) is 0.353. The number of hydrogen-bond donors (Lipinski definition) is 1. The second kappa shape index (κ2) is 8.12. The predicted octanol–water partition coefficient (Wildman–Crippen LogP) is 3.07. The fourth-order valence-electron chi connectivity index (χ4n) is 2.15. The van der Waals surface area contributed by atoms with Crippen LogP contribution < -0.4 is 10.1 Å². The van der Waals surface area contributed by atoms with Gasteiger partial charge in [-0.3, -0.25) is 4.79 Å². The molecule has 116 valence electrons. The van der Waals surface area contributed by atoms with Gasteiger partial charge in [-0.15, -0.1) is 10.2 Å². The van der Waals surface area contributed by atoms with Crippen molar-refractivity contribution >= 4 is 5.91 Å². The van der Waals surface area contributed by atoms with Crippen LogP contribution in [-0.4, -0.2) is 29.8 Å². The molecule has 1 heterocycles. The Morgan fingerprint density at radius 3 is 2.64 bits per heavy atom. The van der Waals surface area contributed by atoms with E-state index in [2.05, 4.69) is 22.4 Å². The molecule has 1 N–H and O–H groups in total. The molecule has 0 aliphatic carbocycles. The maximum atomic E-state index is 12.3. The molecular formula is C17H21N3O2. The van der Waals surface area contributed by atoms with Gasteiger partial charge in [0.25, 0.3) is 5.91 Å². The standard InChI is InChI=1S/C17H21N3O2/c1-3-4-7-12-18-17(21)14-9-6-5-8-13(14)15-10-11-16(22-2)20-19-15/h5-6,8-11H,3-4,7,12H2,1-2H3,(H,18,21). The van der Waals surface area contributed by atoms with Crippen molar-refractivity contribution in [1.82, 2.24) is 15.5 Å². The van der Waals surface area contributed by atoms with Crippen molar-refractivity contribution in [3.8, 4) is 17.1 Å². The Hall–Kier alpha value is -2.43. The summed E-state index contributed by atoms with van der Waals surface area (Å²) in [6.45, 7) is 2.83. The third-order valence-corrected chi connectivity index (χ3v) is 3.36. The van der Waals surface area contributed by atoms with E-state index in [9.17, 15) is 4.79 Å². The lowest BCUT2D eigenvalue weighted by molar-refractivity contribution is 0.0953. The molecule has 1 aromatic heterocycles. The number of nitrogens with zero attached hydrogens (tertiary/aromatic N) is 2. The molecule has 0 aliphatic rings. The number of unbranched alkanes of at least 4 members (excludes halogenated alkanes) is 2. The van der Waals surface area contributed by atoms with Crippen molar-refractivity contribution in [3.05, 3.63) is 42.0 Å². The molecule has 5 heteroatoms. The molecule has 0 spiro atoms. The Bertz CT molecular complexity index is 612. The van der Waals surface area contributed by atoms with Crippen LogP contribution in [0.15, 0.2) is 36.4 Å². The summed E-state index contributed by atoms with van der Waals surface area (Å²) in [5.41, 5.74) is 2.03. The maximum absolute atomic E-state index is 12.3. The van der Waals surface area contributed by atoms with Crippen LogP contribution >= 0.6 is 0 Å². The zero-order chi connectivity index (χ0) is 15.8. The van der Waals surface area contributed by atoms with Crippen LogP contribution in [0.4, 0.5) is 0 Å². The van der Waals surface area contributed by atoms with Crippen molar-refractivity contribution in [3.63, 3.8) is 0 Å². The highest BCUT2D eigenvalue weighted by Crippen LogP contribution is 2.22. The molecule has 2 rings (SSSR count). The number of nitrogens with one attached hydrogen (secondary N) is 1. The molecule has 5 nitrogen and oxygen atoms in total. The smallest absolute Gasteiger partial charge is 0.251 e. The van der Waals surface area contributed by atoms with Crippen molar-refractivity contribution in [1.29, 1.82) is 0 Å². The normalized spacial score (nSPS) is 10.3. The molecule has 1 amide bonds. The summed E-state index contributed by atoms with van der Waals surface area (Å²) in [4.78, 5) is 12.3. The van der Waals surface area contributed by atoms with E-state index in [1.54, 1.807) is 25.3 Å². The van der Waals surface area contributed by atoms with E-state index in [-0.39, 0.29) is 5.91 Å². The van der Waals surface area contributed by atoms with E-state index < -0.39 is 0 Å². The Balaban J connectivity index is 2.16. The summed E-state index contributed by atoms with van der Waals surface area (Å²) in [5, 5.41) is 11.0. The maximum Gasteiger partial charge on any atom is 0.251 e. The highest BCUT2D eigenvalue weighted by Gasteiger charge is 2.13. The molecular weight excluding hydrogens is 278 g/mol. The number of carbonyl (C=O) groups excluding carboxylic acids is 1. The minimum atomic E-state index is -0.0793. The third-order valence-electron chi connectivity index (χ3n) is 3.36. The monoisotopic (exact) mass is 299 g/mol. The van der Waals surface area contributed by atoms with Gasteiger partial charge >= 0.3 is 0 Å². The number of ether oxygens (including phenoxy) is 1. The quantitative estimate of drug-likeness (QED) is 0.798. The minimum absolute atomic E-state index is 0.0793. The summed E-state index contributed by atoms with van der Waals surface area (Å²) < 4.78 is 5.01. The number of methoxy groups -OCH3 is 1. The van der Waals surface area contributed by atoms with Crippen LogP contribution in [0.5, 0.6) is 5.88 Å². The minimum Gasteiger partial charge on any atom is -0.480 e. The molecule has 2 aromatic rings. The first-order chi connectivity index (χ1) is 10.8. The van der Waals surface area contributed by atoms with Gasteiger partial charge < -0.3 is 10.1 Å². The molecule has 0 aliphatic heterocycles. The lowest BCUT2D eigenvalue weighted by atomic mass is 10.0. The molecule has 0 radical (unpaired) electrons. The Kier molecular flexibility index (Phi) is 5.89. The van der Waals surface area contributed by atoms with E-state index in [1.165, 1.54) is 0 Å². The molecule has 1 aromatic carbocycles. The molecule has 0 saturated heterocycles. The second-order valence-electron chi connectivity index (χ2n) is 4.97. The number of hydrogen-bond acceptors (Lipinski definition) is 4. The number of aromatic nitrogens is 2. The zero-order valence-corrected chi connectivity index (χ0v) is 13.0. The van der Waals surface area contributed by atoms with Crippen molar-refractivity contribution in [2.75, 3.05) is 13.7 Å². The topological polar surface area (TPSA) is 64.1 Å². The first kappa shape index (κ1) is 15.9. The summed E-state index contributed by atoms with van der Waals surface area (Å²) in [6, 6.07) is 10.9. The fourth-order valence-corrected chi connectivity index (χ4v) is 2.15. The Morgan fingerprint density at radius 2 is 1.95 bits per heavy atom. The highest BCUT2D eigenvalue weighted by molar-refractivity contribution is 6.00. The molecule has 22 heavy (non-hydrogen) atoms. The SMILES string of the molecule is CCCCCNC(=O)c1ccccc1-c1ccc(OC)nn1. The van der Waals surface area contributed by atoms with Crippen LogP contribution in [0.25, 0.3) is 11.3 Å². The van der Waals surface area contributed by atoms with Gasteiger partial charge in [-0.2, -0.15) is 0 Å². The van der Waals surface area contributed by atoms with Crippen LogP contribution in [0.1, 0.15) is 36.5 Å². The van der Waals surface area contributed by atoms with Gasteiger partial charge in [0.15, 0.2) is 0 Å². The highest BCUT2D eigenvalue weighted by atomic mass is 16.5. The molecule has 0 fully saturated rings. The van der Waals surface area contributed by atoms with Crippen molar-refractivity contribution in [2.24, 2.45) is 0 Å². The second-order valence-corrected chi connectivity index (χ2v) is 4.97.